The molecule has 7 N–H and O–H groups in total. The Balaban J connectivity index is -0.000000206. The quantitative estimate of drug-likeness (QED) is 0.173. The van der Waals surface area contributed by atoms with Gasteiger partial charge in [0.25, 0.3) is 0 Å². The van der Waals surface area contributed by atoms with Crippen LogP contribution >= 0.6 is 0 Å². The van der Waals surface area contributed by atoms with E-state index in [1.165, 1.54) is 5.57 Å². The minimum absolute atomic E-state index is 0.0185. The summed E-state index contributed by atoms with van der Waals surface area (Å²) in [5.41, 5.74) is 19.4. The summed E-state index contributed by atoms with van der Waals surface area (Å²) in [6.45, 7) is 33.6. The van der Waals surface area contributed by atoms with E-state index in [9.17, 15) is 0 Å². The average Bonchev–Trinajstić information content (AvgIpc) is 2.73. The number of hydrogen-bond donors (Lipinski definition) is 4. The van der Waals surface area contributed by atoms with Crippen LogP contribution in [-0.2, 0) is 9.47 Å². The van der Waals surface area contributed by atoms with E-state index in [2.05, 4.69) is 75.5 Å². The highest BCUT2D eigenvalue weighted by Gasteiger charge is 2.06. The molecular formula is C31H69N3O3. The molecular weight excluding hydrogens is 462 g/mol. The Morgan fingerprint density at radius 2 is 0.973 bits per heavy atom. The second-order valence-corrected chi connectivity index (χ2v) is 12.1. The van der Waals surface area contributed by atoms with Crippen molar-refractivity contribution in [1.82, 2.24) is 0 Å². The van der Waals surface area contributed by atoms with Crippen molar-refractivity contribution in [3.05, 3.63) is 24.3 Å². The van der Waals surface area contributed by atoms with Crippen molar-refractivity contribution in [1.29, 1.82) is 0 Å². The molecule has 37 heavy (non-hydrogen) atoms. The van der Waals surface area contributed by atoms with Crippen LogP contribution in [0.15, 0.2) is 24.3 Å². The molecule has 0 aromatic rings. The topological polar surface area (TPSA) is 117 Å². The third kappa shape index (κ3) is 52.5. The fourth-order valence-electron chi connectivity index (χ4n) is 2.87. The first kappa shape index (κ1) is 43.3. The number of rotatable bonds is 16. The summed E-state index contributed by atoms with van der Waals surface area (Å²) >= 11 is 0. The second kappa shape index (κ2) is 29.8. The molecule has 0 aliphatic carbocycles. The molecule has 3 atom stereocenters. The molecule has 0 aromatic heterocycles. The van der Waals surface area contributed by atoms with E-state index < -0.39 is 0 Å². The Labute approximate surface area is 232 Å². The van der Waals surface area contributed by atoms with Gasteiger partial charge in [0.05, 0.1) is 26.4 Å². The summed E-state index contributed by atoms with van der Waals surface area (Å²) < 4.78 is 10.8. The second-order valence-electron chi connectivity index (χ2n) is 12.1. The molecule has 0 spiro atoms. The molecule has 0 fully saturated rings. The normalized spacial score (nSPS) is 13.2. The van der Waals surface area contributed by atoms with Gasteiger partial charge in [-0.25, -0.2) is 0 Å². The van der Waals surface area contributed by atoms with Crippen LogP contribution in [0, 0.1) is 23.7 Å². The Morgan fingerprint density at radius 3 is 1.22 bits per heavy atom. The third-order valence-corrected chi connectivity index (χ3v) is 4.62. The van der Waals surface area contributed by atoms with E-state index in [0.29, 0.717) is 43.5 Å². The van der Waals surface area contributed by atoms with E-state index in [0.717, 1.165) is 37.9 Å². The summed E-state index contributed by atoms with van der Waals surface area (Å²) in [6, 6.07) is 0.364. The smallest absolute Gasteiger partial charge is 0.0672 e. The van der Waals surface area contributed by atoms with Crippen molar-refractivity contribution >= 4 is 0 Å². The monoisotopic (exact) mass is 532 g/mol. The first-order valence-electron chi connectivity index (χ1n) is 14.3. The van der Waals surface area contributed by atoms with Crippen LogP contribution < -0.4 is 17.2 Å². The summed E-state index contributed by atoms with van der Waals surface area (Å²) in [4.78, 5) is 0. The van der Waals surface area contributed by atoms with E-state index in [4.69, 9.17) is 31.8 Å². The summed E-state index contributed by atoms with van der Waals surface area (Å²) in [6.07, 6.45) is 4.10. The van der Waals surface area contributed by atoms with Crippen LogP contribution in [0.4, 0.5) is 0 Å². The molecule has 0 aliphatic rings. The van der Waals surface area contributed by atoms with Crippen molar-refractivity contribution in [3.63, 3.8) is 0 Å². The average molecular weight is 532 g/mol. The minimum Gasteiger partial charge on any atom is -0.395 e. The Kier molecular flexibility index (Phi) is 34.9. The van der Waals surface area contributed by atoms with Crippen LogP contribution in [0.2, 0.25) is 0 Å². The maximum atomic E-state index is 8.46. The first-order chi connectivity index (χ1) is 17.0. The Hall–Kier alpha value is -0.760. The molecule has 0 saturated heterocycles. The van der Waals surface area contributed by atoms with Crippen molar-refractivity contribution in [2.75, 3.05) is 33.0 Å². The van der Waals surface area contributed by atoms with Crippen LogP contribution in [0.3, 0.4) is 0 Å². The van der Waals surface area contributed by atoms with Gasteiger partial charge in [0.1, 0.15) is 0 Å². The summed E-state index contributed by atoms with van der Waals surface area (Å²) in [7, 11) is 0. The predicted octanol–water partition coefficient (Wildman–Crippen LogP) is 6.31. The molecule has 6 nitrogen and oxygen atoms in total. The number of nitrogens with two attached hydrogens (primary N) is 3. The van der Waals surface area contributed by atoms with E-state index >= 15 is 0 Å². The zero-order valence-electron chi connectivity index (χ0n) is 26.8. The van der Waals surface area contributed by atoms with E-state index in [-0.39, 0.29) is 24.7 Å². The van der Waals surface area contributed by atoms with Gasteiger partial charge in [-0.15, -0.1) is 6.58 Å². The fraction of sp³-hybridized carbons (Fsp3) is 0.871. The van der Waals surface area contributed by atoms with Crippen molar-refractivity contribution in [3.8, 4) is 0 Å². The number of aliphatic hydroxyl groups is 1. The molecule has 0 radical (unpaired) electrons. The van der Waals surface area contributed by atoms with Crippen LogP contribution in [0.5, 0.6) is 0 Å². The summed E-state index contributed by atoms with van der Waals surface area (Å²) in [5.74, 6) is 2.52. The number of hydrogen-bond acceptors (Lipinski definition) is 6. The lowest BCUT2D eigenvalue weighted by atomic mass is 10.1. The van der Waals surface area contributed by atoms with Gasteiger partial charge < -0.3 is 31.8 Å². The molecule has 0 aliphatic heterocycles. The molecule has 0 rings (SSSR count). The zero-order chi connectivity index (χ0) is 30.0. The highest BCUT2D eigenvalue weighted by molar-refractivity contribution is 4.87. The van der Waals surface area contributed by atoms with Crippen molar-refractivity contribution in [2.24, 2.45) is 40.9 Å². The zero-order valence-corrected chi connectivity index (χ0v) is 26.8. The van der Waals surface area contributed by atoms with Gasteiger partial charge in [0, 0.05) is 24.7 Å². The van der Waals surface area contributed by atoms with Gasteiger partial charge in [0.15, 0.2) is 0 Å². The molecule has 0 amide bonds. The highest BCUT2D eigenvalue weighted by Crippen LogP contribution is 2.04. The number of allylic oxidation sites excluding steroid dienone is 1. The molecule has 1 unspecified atom stereocenters. The summed E-state index contributed by atoms with van der Waals surface area (Å²) in [5, 5.41) is 8.46. The molecule has 6 heteroatoms. The van der Waals surface area contributed by atoms with Gasteiger partial charge in [-0.3, -0.25) is 0 Å². The van der Waals surface area contributed by atoms with E-state index in [1.807, 2.05) is 13.8 Å². The predicted molar refractivity (Wildman–Crippen MR) is 166 cm³/mol. The number of aliphatic hydroxyl groups excluding tert-OH is 1. The molecule has 0 aromatic carbocycles. The van der Waals surface area contributed by atoms with Gasteiger partial charge in [-0.1, -0.05) is 80.0 Å². The maximum absolute atomic E-state index is 8.46. The molecule has 0 heterocycles. The third-order valence-electron chi connectivity index (χ3n) is 4.62. The van der Waals surface area contributed by atoms with Crippen LogP contribution in [0.25, 0.3) is 0 Å². The fourth-order valence-corrected chi connectivity index (χ4v) is 2.87. The largest absolute Gasteiger partial charge is 0.395 e. The lowest BCUT2D eigenvalue weighted by Gasteiger charge is -2.14. The van der Waals surface area contributed by atoms with Crippen LogP contribution in [0.1, 0.15) is 102 Å². The van der Waals surface area contributed by atoms with Crippen molar-refractivity contribution < 1.29 is 14.6 Å². The van der Waals surface area contributed by atoms with Gasteiger partial charge in [-0.2, -0.15) is 0 Å². The SMILES string of the molecule is C=C(C)CC.C=C(C)COC[C@@H](N)CC(C)C.CC(C)CC(N)CO.CC(C)COC[C@@H](N)CC(C)C. The maximum Gasteiger partial charge on any atom is 0.0672 e. The lowest BCUT2D eigenvalue weighted by Crippen LogP contribution is -2.28. The van der Waals surface area contributed by atoms with Crippen molar-refractivity contribution in [2.45, 2.75) is 120 Å². The molecule has 226 valence electrons. The minimum atomic E-state index is -0.0185. The Morgan fingerprint density at radius 1 is 0.622 bits per heavy atom. The van der Waals surface area contributed by atoms with Gasteiger partial charge in [-0.05, 0) is 63.2 Å². The van der Waals surface area contributed by atoms with E-state index in [1.54, 1.807) is 0 Å². The standard InChI is InChI=1S/C10H23NO.C10H21NO.C6H15NO.C5H10/c2*1-8(2)5-10(11)7-12-6-9(3)4;1-5(2)3-6(7)4-8;1-4-5(2)3/h8-10H,5-7,11H2,1-4H3;8,10H,3,5-7,11H2,1-2,4H3;5-6,8H,3-4,7H2,1-2H3;2,4H2,1,3H3/t2*10-;;/m00../s1. The molecule has 0 saturated carbocycles. The first-order valence-corrected chi connectivity index (χ1v) is 14.3. The lowest BCUT2D eigenvalue weighted by molar-refractivity contribution is 0.0940. The van der Waals surface area contributed by atoms with Gasteiger partial charge >= 0.3 is 0 Å². The Bertz CT molecular complexity index is 494. The number of ether oxygens (including phenoxy) is 2. The molecule has 0 bridgehead atoms. The highest BCUT2D eigenvalue weighted by atomic mass is 16.5. The van der Waals surface area contributed by atoms with Crippen LogP contribution in [-0.4, -0.2) is 56.3 Å². The van der Waals surface area contributed by atoms with Gasteiger partial charge in [0.2, 0.25) is 0 Å².